The van der Waals surface area contributed by atoms with Gasteiger partial charge >= 0.3 is 6.18 Å². The summed E-state index contributed by atoms with van der Waals surface area (Å²) in [7, 11) is 0. The molecule has 1 amide bonds. The Labute approximate surface area is 198 Å². The van der Waals surface area contributed by atoms with Crippen LogP contribution in [0.1, 0.15) is 18.7 Å². The van der Waals surface area contributed by atoms with Gasteiger partial charge in [-0.15, -0.1) is 15.3 Å². The molecule has 2 aromatic carbocycles. The zero-order valence-electron chi connectivity index (χ0n) is 18.4. The average Bonchev–Trinajstić information content (AvgIpc) is 3.30. The summed E-state index contributed by atoms with van der Waals surface area (Å²) in [5.74, 6) is 0.302. The fourth-order valence-electron chi connectivity index (χ4n) is 3.97. The van der Waals surface area contributed by atoms with Gasteiger partial charge in [-0.25, -0.2) is 0 Å². The fourth-order valence-corrected chi connectivity index (χ4v) is 3.97. The molecule has 5 rings (SSSR count). The van der Waals surface area contributed by atoms with Crippen LogP contribution in [0.2, 0.25) is 0 Å². The summed E-state index contributed by atoms with van der Waals surface area (Å²) in [5.41, 5.74) is 0.688. The maximum Gasteiger partial charge on any atom is 0.453 e. The van der Waals surface area contributed by atoms with Crippen molar-refractivity contribution in [2.45, 2.75) is 19.0 Å². The molecule has 1 fully saturated rings. The second-order valence-electron chi connectivity index (χ2n) is 8.17. The maximum absolute atomic E-state index is 13.1. The summed E-state index contributed by atoms with van der Waals surface area (Å²) in [4.78, 5) is 14.6. The minimum Gasteiger partial charge on any atom is -0.457 e. The summed E-state index contributed by atoms with van der Waals surface area (Å²) in [5, 5.41) is 13.7. The van der Waals surface area contributed by atoms with Crippen LogP contribution in [0.4, 0.5) is 24.7 Å². The van der Waals surface area contributed by atoms with Crippen molar-refractivity contribution in [3.8, 4) is 11.5 Å². The number of aromatic nitrogens is 4. The maximum atomic E-state index is 13.1. The number of fused-ring (bicyclic) bond motifs is 1. The highest BCUT2D eigenvalue weighted by Crippen LogP contribution is 2.29. The van der Waals surface area contributed by atoms with Crippen LogP contribution in [0.25, 0.3) is 5.65 Å². The van der Waals surface area contributed by atoms with E-state index in [1.54, 1.807) is 30.3 Å². The van der Waals surface area contributed by atoms with Gasteiger partial charge in [-0.2, -0.15) is 17.7 Å². The molecule has 4 aromatic rings. The molecule has 0 radical (unpaired) electrons. The van der Waals surface area contributed by atoms with Crippen molar-refractivity contribution >= 4 is 23.1 Å². The number of halogens is 3. The Morgan fingerprint density at radius 2 is 1.60 bits per heavy atom. The third-order valence-electron chi connectivity index (χ3n) is 5.79. The standard InChI is InChI=1S/C24H21F3N6O2/c25-24(26,27)23-30-29-20-10-11-21(31-33(20)23)32-14-12-16(13-15-32)22(34)28-17-6-8-19(9-7-17)35-18-4-2-1-3-5-18/h1-11,16H,12-15H2,(H,28,34). The number of carbonyl (C=O) groups is 1. The van der Waals surface area contributed by atoms with Gasteiger partial charge in [0.1, 0.15) is 17.3 Å². The zero-order chi connectivity index (χ0) is 24.4. The van der Waals surface area contributed by atoms with Crippen molar-refractivity contribution in [3.63, 3.8) is 0 Å². The van der Waals surface area contributed by atoms with Crippen LogP contribution in [-0.2, 0) is 11.0 Å². The van der Waals surface area contributed by atoms with Crippen molar-refractivity contribution in [2.75, 3.05) is 23.3 Å². The molecule has 2 aromatic heterocycles. The molecule has 35 heavy (non-hydrogen) atoms. The van der Waals surface area contributed by atoms with Gasteiger partial charge < -0.3 is 15.0 Å². The molecule has 0 spiro atoms. The number of alkyl halides is 3. The predicted molar refractivity (Wildman–Crippen MR) is 122 cm³/mol. The van der Waals surface area contributed by atoms with Crippen molar-refractivity contribution < 1.29 is 22.7 Å². The van der Waals surface area contributed by atoms with E-state index >= 15 is 0 Å². The number of anilines is 2. The van der Waals surface area contributed by atoms with E-state index in [0.29, 0.717) is 47.7 Å². The second kappa shape index (κ2) is 9.24. The summed E-state index contributed by atoms with van der Waals surface area (Å²) in [6.07, 6.45) is -3.55. The Hall–Kier alpha value is -4.15. The number of para-hydroxylation sites is 1. The van der Waals surface area contributed by atoms with Gasteiger partial charge in [0.25, 0.3) is 5.82 Å². The highest BCUT2D eigenvalue weighted by Gasteiger charge is 2.38. The Morgan fingerprint density at radius 1 is 0.914 bits per heavy atom. The monoisotopic (exact) mass is 482 g/mol. The van der Waals surface area contributed by atoms with E-state index in [1.807, 2.05) is 35.2 Å². The van der Waals surface area contributed by atoms with Crippen LogP contribution in [-0.4, -0.2) is 38.8 Å². The van der Waals surface area contributed by atoms with Gasteiger partial charge in [0.2, 0.25) is 5.91 Å². The third kappa shape index (κ3) is 5.03. The number of rotatable bonds is 5. The van der Waals surface area contributed by atoms with Crippen molar-refractivity contribution in [1.82, 2.24) is 19.8 Å². The lowest BCUT2D eigenvalue weighted by Gasteiger charge is -2.32. The average molecular weight is 482 g/mol. The number of ether oxygens (including phenoxy) is 1. The van der Waals surface area contributed by atoms with E-state index in [0.717, 1.165) is 5.75 Å². The topological polar surface area (TPSA) is 84.6 Å². The van der Waals surface area contributed by atoms with Crippen LogP contribution in [0.15, 0.2) is 66.7 Å². The van der Waals surface area contributed by atoms with Crippen LogP contribution < -0.4 is 15.0 Å². The van der Waals surface area contributed by atoms with Crippen molar-refractivity contribution in [1.29, 1.82) is 0 Å². The molecule has 1 N–H and O–H groups in total. The van der Waals surface area contributed by atoms with E-state index < -0.39 is 12.0 Å². The number of nitrogens with one attached hydrogen (secondary N) is 1. The Balaban J connectivity index is 1.18. The van der Waals surface area contributed by atoms with Gasteiger partial charge in [0.05, 0.1) is 0 Å². The number of amides is 1. The minimum absolute atomic E-state index is 0.0236. The van der Waals surface area contributed by atoms with Gasteiger partial charge in [-0.1, -0.05) is 18.2 Å². The number of hydrogen-bond acceptors (Lipinski definition) is 6. The highest BCUT2D eigenvalue weighted by molar-refractivity contribution is 5.92. The Kier molecular flexibility index (Phi) is 5.98. The lowest BCUT2D eigenvalue weighted by Crippen LogP contribution is -2.38. The van der Waals surface area contributed by atoms with Gasteiger partial charge in [0, 0.05) is 24.7 Å². The van der Waals surface area contributed by atoms with E-state index in [9.17, 15) is 18.0 Å². The highest BCUT2D eigenvalue weighted by atomic mass is 19.4. The lowest BCUT2D eigenvalue weighted by atomic mass is 9.96. The molecule has 8 nitrogen and oxygen atoms in total. The molecular formula is C24H21F3N6O2. The molecule has 1 aliphatic heterocycles. The van der Waals surface area contributed by atoms with Crippen LogP contribution in [0.3, 0.4) is 0 Å². The molecule has 0 aliphatic carbocycles. The first-order valence-electron chi connectivity index (χ1n) is 11.1. The number of hydrogen-bond donors (Lipinski definition) is 1. The van der Waals surface area contributed by atoms with Gasteiger partial charge in [0.15, 0.2) is 5.65 Å². The van der Waals surface area contributed by atoms with Crippen molar-refractivity contribution in [2.24, 2.45) is 5.92 Å². The molecule has 0 bridgehead atoms. The molecular weight excluding hydrogens is 461 g/mol. The van der Waals surface area contributed by atoms with Crippen molar-refractivity contribution in [3.05, 3.63) is 72.6 Å². The van der Waals surface area contributed by atoms with Crippen LogP contribution in [0, 0.1) is 5.92 Å². The Morgan fingerprint density at radius 3 is 2.29 bits per heavy atom. The summed E-state index contributed by atoms with van der Waals surface area (Å²) in [6.45, 7) is 0.980. The Bertz CT molecular complexity index is 1320. The normalized spacial score (nSPS) is 14.8. The van der Waals surface area contributed by atoms with Crippen LogP contribution in [0.5, 0.6) is 11.5 Å². The summed E-state index contributed by atoms with van der Waals surface area (Å²) < 4.78 is 45.9. The minimum atomic E-state index is -4.65. The fraction of sp³-hybridized carbons (Fsp3) is 0.250. The van der Waals surface area contributed by atoms with E-state index in [1.165, 1.54) is 6.07 Å². The number of benzene rings is 2. The smallest absolute Gasteiger partial charge is 0.453 e. The van der Waals surface area contributed by atoms with E-state index in [2.05, 4.69) is 20.6 Å². The third-order valence-corrected chi connectivity index (χ3v) is 5.79. The first-order chi connectivity index (χ1) is 16.9. The van der Waals surface area contributed by atoms with E-state index in [4.69, 9.17) is 4.74 Å². The van der Waals surface area contributed by atoms with Gasteiger partial charge in [-0.05, 0) is 61.4 Å². The first-order valence-corrected chi connectivity index (χ1v) is 11.1. The summed E-state index contributed by atoms with van der Waals surface area (Å²) >= 11 is 0. The largest absolute Gasteiger partial charge is 0.457 e. The second-order valence-corrected chi connectivity index (χ2v) is 8.17. The lowest BCUT2D eigenvalue weighted by molar-refractivity contribution is -0.146. The number of piperidine rings is 1. The van der Waals surface area contributed by atoms with E-state index in [-0.39, 0.29) is 17.5 Å². The molecule has 0 unspecified atom stereocenters. The van der Waals surface area contributed by atoms with Gasteiger partial charge in [-0.3, -0.25) is 4.79 Å². The molecule has 0 atom stereocenters. The van der Waals surface area contributed by atoms with Crippen LogP contribution >= 0.6 is 0 Å². The molecule has 3 heterocycles. The first kappa shape index (κ1) is 22.6. The number of nitrogens with zero attached hydrogens (tertiary/aromatic N) is 5. The predicted octanol–water partition coefficient (Wildman–Crippen LogP) is 4.79. The SMILES string of the molecule is O=C(Nc1ccc(Oc2ccccc2)cc1)C1CCN(c2ccc3nnc(C(F)(F)F)n3n2)CC1. The quantitative estimate of drug-likeness (QED) is 0.440. The molecule has 1 saturated heterocycles. The molecule has 1 aliphatic rings. The molecule has 180 valence electrons. The zero-order valence-corrected chi connectivity index (χ0v) is 18.4. The molecule has 11 heteroatoms. The number of carbonyl (C=O) groups excluding carboxylic acids is 1. The molecule has 0 saturated carbocycles. The summed E-state index contributed by atoms with van der Waals surface area (Å²) in [6, 6.07) is 19.6.